The number of carbonyl (C=O) groups excluding carboxylic acids is 1. The van der Waals surface area contributed by atoms with E-state index in [2.05, 4.69) is 4.98 Å². The number of thiazole rings is 1. The average molecular weight is 437 g/mol. The summed E-state index contributed by atoms with van der Waals surface area (Å²) >= 11 is 1.04. The molecule has 0 unspecified atom stereocenters. The van der Waals surface area contributed by atoms with Crippen LogP contribution in [-0.4, -0.2) is 28.0 Å². The van der Waals surface area contributed by atoms with Gasteiger partial charge in [-0.05, 0) is 42.7 Å². The van der Waals surface area contributed by atoms with Gasteiger partial charge in [-0.3, -0.25) is 9.69 Å². The highest BCUT2D eigenvalue weighted by Crippen LogP contribution is 2.32. The summed E-state index contributed by atoms with van der Waals surface area (Å²) < 4.78 is 5.82. The summed E-state index contributed by atoms with van der Waals surface area (Å²) in [6.45, 7) is 0.458. The highest BCUT2D eigenvalue weighted by Gasteiger charge is 2.30. The van der Waals surface area contributed by atoms with Gasteiger partial charge < -0.3 is 9.84 Å². The zero-order valence-electron chi connectivity index (χ0n) is 17.1. The van der Waals surface area contributed by atoms with Crippen molar-refractivity contribution in [3.8, 4) is 5.75 Å². The van der Waals surface area contributed by atoms with Crippen molar-refractivity contribution in [3.05, 3.63) is 76.8 Å². The number of rotatable bonds is 7. The molecule has 160 valence electrons. The molecule has 0 bridgehead atoms. The van der Waals surface area contributed by atoms with E-state index in [1.165, 1.54) is 6.20 Å². The molecule has 1 N–H and O–H groups in total. The number of ether oxygens (including phenoxy) is 1. The Bertz CT molecular complexity index is 1030. The number of carboxylic acid groups (broad SMARTS) is 1. The molecule has 2 aromatic carbocycles. The number of aromatic nitrogens is 1. The number of hydrogen-bond donors (Lipinski definition) is 1. The molecule has 1 aliphatic rings. The van der Waals surface area contributed by atoms with Crippen molar-refractivity contribution in [2.45, 2.75) is 44.8 Å². The second kappa shape index (κ2) is 9.75. The first-order chi connectivity index (χ1) is 15.1. The quantitative estimate of drug-likeness (QED) is 0.536. The van der Waals surface area contributed by atoms with Crippen molar-refractivity contribution >= 4 is 28.3 Å². The van der Waals surface area contributed by atoms with Crippen LogP contribution in [0.15, 0.2) is 60.8 Å². The second-order valence-corrected chi connectivity index (χ2v) is 8.59. The molecule has 0 spiro atoms. The van der Waals surface area contributed by atoms with E-state index in [-0.39, 0.29) is 16.8 Å². The molecule has 1 fully saturated rings. The van der Waals surface area contributed by atoms with E-state index >= 15 is 0 Å². The number of aromatic carboxylic acids is 1. The molecule has 0 saturated heterocycles. The average Bonchev–Trinajstić information content (AvgIpc) is 3.30. The molecule has 0 atom stereocenters. The van der Waals surface area contributed by atoms with Crippen molar-refractivity contribution in [1.82, 2.24) is 4.98 Å². The third-order valence-electron chi connectivity index (χ3n) is 5.42. The lowest BCUT2D eigenvalue weighted by atomic mass is 9.94. The SMILES string of the molecule is O=C(O)c1cnc(N(C(=O)c2ccc(OCc3ccccc3)cc2)C2CCCCC2)s1. The van der Waals surface area contributed by atoms with Gasteiger partial charge in [-0.15, -0.1) is 0 Å². The summed E-state index contributed by atoms with van der Waals surface area (Å²) in [6, 6.07) is 17.0. The maximum Gasteiger partial charge on any atom is 0.347 e. The monoisotopic (exact) mass is 436 g/mol. The van der Waals surface area contributed by atoms with Crippen LogP contribution < -0.4 is 9.64 Å². The molecule has 6 nitrogen and oxygen atoms in total. The van der Waals surface area contributed by atoms with Crippen LogP contribution in [0.3, 0.4) is 0 Å². The smallest absolute Gasteiger partial charge is 0.347 e. The number of carbonyl (C=O) groups is 2. The summed E-state index contributed by atoms with van der Waals surface area (Å²) in [6.07, 6.45) is 6.38. The first-order valence-electron chi connectivity index (χ1n) is 10.4. The third kappa shape index (κ3) is 5.11. The Morgan fingerprint density at radius 2 is 1.74 bits per heavy atom. The van der Waals surface area contributed by atoms with Gasteiger partial charge in [0.05, 0.1) is 6.20 Å². The van der Waals surface area contributed by atoms with E-state index in [4.69, 9.17) is 4.74 Å². The standard InChI is InChI=1S/C24H24N2O4S/c27-22(18-11-13-20(14-12-18)30-16-17-7-3-1-4-8-17)26(19-9-5-2-6-10-19)24-25-15-21(31-24)23(28)29/h1,3-4,7-8,11-15,19H,2,5-6,9-10,16H2,(H,28,29). The molecule has 31 heavy (non-hydrogen) atoms. The maximum absolute atomic E-state index is 13.4. The number of anilines is 1. The fourth-order valence-corrected chi connectivity index (χ4v) is 4.62. The summed E-state index contributed by atoms with van der Waals surface area (Å²) in [7, 11) is 0. The van der Waals surface area contributed by atoms with Crippen molar-refractivity contribution in [1.29, 1.82) is 0 Å². The molecule has 1 saturated carbocycles. The van der Waals surface area contributed by atoms with Gasteiger partial charge in [0.15, 0.2) is 5.13 Å². The highest BCUT2D eigenvalue weighted by molar-refractivity contribution is 7.17. The zero-order chi connectivity index (χ0) is 21.6. The van der Waals surface area contributed by atoms with Gasteiger partial charge in [0.25, 0.3) is 5.91 Å². The minimum Gasteiger partial charge on any atom is -0.489 e. The first kappa shape index (κ1) is 21.1. The molecule has 0 aliphatic heterocycles. The first-order valence-corrected chi connectivity index (χ1v) is 11.2. The summed E-state index contributed by atoms with van der Waals surface area (Å²) in [5.41, 5.74) is 1.61. The van der Waals surface area contributed by atoms with Crippen molar-refractivity contribution < 1.29 is 19.4 Å². The Morgan fingerprint density at radius 1 is 1.03 bits per heavy atom. The molecular weight excluding hydrogens is 412 g/mol. The van der Waals surface area contributed by atoms with E-state index in [0.29, 0.717) is 23.1 Å². The fourth-order valence-electron chi connectivity index (χ4n) is 3.80. The molecule has 4 rings (SSSR count). The van der Waals surface area contributed by atoms with Gasteiger partial charge in [-0.1, -0.05) is 60.9 Å². The van der Waals surface area contributed by atoms with E-state index in [1.54, 1.807) is 29.2 Å². The second-order valence-electron chi connectivity index (χ2n) is 7.58. The fraction of sp³-hybridized carbons (Fsp3) is 0.292. The van der Waals surface area contributed by atoms with Gasteiger partial charge in [0, 0.05) is 11.6 Å². The highest BCUT2D eigenvalue weighted by atomic mass is 32.1. The molecule has 1 aliphatic carbocycles. The molecule has 1 heterocycles. The van der Waals surface area contributed by atoms with Crippen LogP contribution in [0.4, 0.5) is 5.13 Å². The van der Waals surface area contributed by atoms with Crippen LogP contribution in [0.5, 0.6) is 5.75 Å². The van der Waals surface area contributed by atoms with E-state index in [9.17, 15) is 14.7 Å². The van der Waals surface area contributed by atoms with Crippen molar-refractivity contribution in [3.63, 3.8) is 0 Å². The molecular formula is C24H24N2O4S. The Kier molecular flexibility index (Phi) is 6.62. The summed E-state index contributed by atoms with van der Waals surface area (Å²) in [5, 5.41) is 9.71. The molecule has 7 heteroatoms. The van der Waals surface area contributed by atoms with Gasteiger partial charge >= 0.3 is 5.97 Å². The van der Waals surface area contributed by atoms with Gasteiger partial charge in [0.2, 0.25) is 0 Å². The summed E-state index contributed by atoms with van der Waals surface area (Å²) in [4.78, 5) is 30.8. The Labute approximate surface area is 185 Å². The number of carboxylic acids is 1. The van der Waals surface area contributed by atoms with Crippen LogP contribution in [0.25, 0.3) is 0 Å². The molecule has 3 aromatic rings. The molecule has 1 amide bonds. The van der Waals surface area contributed by atoms with Crippen LogP contribution in [0, 0.1) is 0 Å². The molecule has 0 radical (unpaired) electrons. The number of amides is 1. The minimum absolute atomic E-state index is 0.0306. The van der Waals surface area contributed by atoms with E-state index in [0.717, 1.165) is 49.0 Å². The third-order valence-corrected chi connectivity index (χ3v) is 6.40. The number of nitrogens with zero attached hydrogens (tertiary/aromatic N) is 2. The largest absolute Gasteiger partial charge is 0.489 e. The number of hydrogen-bond acceptors (Lipinski definition) is 5. The van der Waals surface area contributed by atoms with Crippen molar-refractivity contribution in [2.24, 2.45) is 0 Å². The lowest BCUT2D eigenvalue weighted by Gasteiger charge is -2.32. The summed E-state index contributed by atoms with van der Waals surface area (Å²) in [5.74, 6) is -0.500. The van der Waals surface area contributed by atoms with Crippen molar-refractivity contribution in [2.75, 3.05) is 4.90 Å². The predicted octanol–water partition coefficient (Wildman–Crippen LogP) is 5.40. The minimum atomic E-state index is -1.03. The van der Waals surface area contributed by atoms with Crippen LogP contribution >= 0.6 is 11.3 Å². The molecule has 1 aromatic heterocycles. The Morgan fingerprint density at radius 3 is 2.39 bits per heavy atom. The lowest BCUT2D eigenvalue weighted by Crippen LogP contribution is -2.41. The van der Waals surface area contributed by atoms with E-state index < -0.39 is 5.97 Å². The van der Waals surface area contributed by atoms with Crippen LogP contribution in [-0.2, 0) is 6.61 Å². The lowest BCUT2D eigenvalue weighted by molar-refractivity contribution is 0.0701. The Balaban J connectivity index is 1.52. The number of benzene rings is 2. The van der Waals surface area contributed by atoms with Crippen LogP contribution in [0.2, 0.25) is 0 Å². The van der Waals surface area contributed by atoms with Crippen LogP contribution in [0.1, 0.15) is 57.7 Å². The van der Waals surface area contributed by atoms with Gasteiger partial charge in [0.1, 0.15) is 17.2 Å². The van der Waals surface area contributed by atoms with Gasteiger partial charge in [-0.2, -0.15) is 0 Å². The van der Waals surface area contributed by atoms with Gasteiger partial charge in [-0.25, -0.2) is 9.78 Å². The normalized spacial score (nSPS) is 14.2. The predicted molar refractivity (Wildman–Crippen MR) is 120 cm³/mol. The Hall–Kier alpha value is -3.19. The maximum atomic E-state index is 13.4. The topological polar surface area (TPSA) is 79.7 Å². The zero-order valence-corrected chi connectivity index (χ0v) is 17.9. The van der Waals surface area contributed by atoms with E-state index in [1.807, 2.05) is 30.3 Å².